The lowest BCUT2D eigenvalue weighted by Crippen LogP contribution is -2.16. The normalized spacial score (nSPS) is 12.0. The van der Waals surface area contributed by atoms with E-state index in [4.69, 9.17) is 0 Å². The molecule has 0 fully saturated rings. The SMILES string of the molecule is Cc1cc(Cc2nc(C(F)(F)F)n(C(F)F)n2)ccc1[N+](=O)[O-]. The monoisotopic (exact) mass is 336 g/mol. The number of hydrogen-bond acceptors (Lipinski definition) is 4. The lowest BCUT2D eigenvalue weighted by Gasteiger charge is -2.06. The van der Waals surface area contributed by atoms with Crippen molar-refractivity contribution in [2.45, 2.75) is 26.1 Å². The highest BCUT2D eigenvalue weighted by Crippen LogP contribution is 2.30. The van der Waals surface area contributed by atoms with Crippen LogP contribution < -0.4 is 0 Å². The molecule has 2 rings (SSSR count). The summed E-state index contributed by atoms with van der Waals surface area (Å²) >= 11 is 0. The zero-order chi connectivity index (χ0) is 17.4. The van der Waals surface area contributed by atoms with Gasteiger partial charge in [0.15, 0.2) is 5.82 Å². The standard InChI is InChI=1S/C12H9F5N4O2/c1-6-4-7(2-3-8(6)21(22)23)5-9-18-10(12(15,16)17)20(19-9)11(13)14/h2-4,11H,5H2,1H3. The minimum absolute atomic E-state index is 0.157. The van der Waals surface area contributed by atoms with Crippen LogP contribution in [0.2, 0.25) is 0 Å². The average molecular weight is 336 g/mol. The maximum atomic E-state index is 12.6. The molecule has 11 heteroatoms. The molecule has 1 aromatic carbocycles. The molecule has 0 radical (unpaired) electrons. The molecule has 0 atom stereocenters. The summed E-state index contributed by atoms with van der Waals surface area (Å²) in [5.74, 6) is -2.24. The summed E-state index contributed by atoms with van der Waals surface area (Å²) in [5.41, 5.74) is 0.501. The van der Waals surface area contributed by atoms with Gasteiger partial charge in [0.2, 0.25) is 5.82 Å². The second-order valence-electron chi connectivity index (χ2n) is 4.63. The van der Waals surface area contributed by atoms with E-state index in [1.807, 2.05) is 0 Å². The molecular formula is C12H9F5N4O2. The first-order chi connectivity index (χ1) is 10.6. The van der Waals surface area contributed by atoms with E-state index in [1.165, 1.54) is 25.1 Å². The Morgan fingerprint density at radius 3 is 2.43 bits per heavy atom. The van der Waals surface area contributed by atoms with Crippen LogP contribution in [0.4, 0.5) is 27.6 Å². The van der Waals surface area contributed by atoms with E-state index in [-0.39, 0.29) is 17.7 Å². The molecule has 0 saturated carbocycles. The molecule has 23 heavy (non-hydrogen) atoms. The lowest BCUT2D eigenvalue weighted by molar-refractivity contribution is -0.385. The predicted octanol–water partition coefficient (Wildman–Crippen LogP) is 3.50. The summed E-state index contributed by atoms with van der Waals surface area (Å²) in [6.45, 7) is -2.03. The zero-order valence-corrected chi connectivity index (χ0v) is 11.5. The molecule has 1 heterocycles. The van der Waals surface area contributed by atoms with Gasteiger partial charge in [-0.2, -0.15) is 31.7 Å². The van der Waals surface area contributed by atoms with E-state index in [1.54, 1.807) is 0 Å². The summed E-state index contributed by atoms with van der Waals surface area (Å²) in [6.07, 6.45) is -5.32. The van der Waals surface area contributed by atoms with Crippen LogP contribution >= 0.6 is 0 Å². The van der Waals surface area contributed by atoms with Gasteiger partial charge in [-0.3, -0.25) is 10.1 Å². The smallest absolute Gasteiger partial charge is 0.258 e. The van der Waals surface area contributed by atoms with Crippen molar-refractivity contribution < 1.29 is 26.9 Å². The van der Waals surface area contributed by atoms with E-state index < -0.39 is 34.0 Å². The van der Waals surface area contributed by atoms with E-state index in [0.29, 0.717) is 5.56 Å². The number of nitro benzene ring substituents is 1. The van der Waals surface area contributed by atoms with Crippen LogP contribution in [0.5, 0.6) is 0 Å². The van der Waals surface area contributed by atoms with Gasteiger partial charge >= 0.3 is 12.7 Å². The van der Waals surface area contributed by atoms with Crippen LogP contribution in [0.1, 0.15) is 29.3 Å². The summed E-state index contributed by atoms with van der Waals surface area (Å²) in [5, 5.41) is 13.9. The number of alkyl halides is 5. The van der Waals surface area contributed by atoms with Gasteiger partial charge in [0.1, 0.15) is 0 Å². The molecule has 2 aromatic rings. The van der Waals surface area contributed by atoms with E-state index in [9.17, 15) is 32.1 Å². The number of nitro groups is 1. The molecule has 0 N–H and O–H groups in total. The first kappa shape index (κ1) is 16.8. The number of aryl methyl sites for hydroxylation is 1. The fourth-order valence-electron chi connectivity index (χ4n) is 1.99. The highest BCUT2D eigenvalue weighted by Gasteiger charge is 2.40. The van der Waals surface area contributed by atoms with E-state index in [2.05, 4.69) is 10.1 Å². The van der Waals surface area contributed by atoms with Crippen LogP contribution in [-0.2, 0) is 12.6 Å². The van der Waals surface area contributed by atoms with Crippen LogP contribution in [0.25, 0.3) is 0 Å². The van der Waals surface area contributed by atoms with Gasteiger partial charge in [-0.05, 0) is 18.6 Å². The third-order valence-electron chi connectivity index (χ3n) is 2.93. The molecular weight excluding hydrogens is 327 g/mol. The van der Waals surface area contributed by atoms with Gasteiger partial charge in [0.05, 0.1) is 4.92 Å². The molecule has 6 nitrogen and oxygen atoms in total. The average Bonchev–Trinajstić information content (AvgIpc) is 2.82. The molecule has 1 aromatic heterocycles. The second kappa shape index (κ2) is 5.89. The molecule has 0 aliphatic carbocycles. The highest BCUT2D eigenvalue weighted by atomic mass is 19.4. The fraction of sp³-hybridized carbons (Fsp3) is 0.333. The first-order valence-electron chi connectivity index (χ1n) is 6.14. The Bertz CT molecular complexity index is 742. The number of nitrogens with zero attached hydrogens (tertiary/aromatic N) is 4. The van der Waals surface area contributed by atoms with Crippen LogP contribution in [-0.4, -0.2) is 19.7 Å². The molecule has 124 valence electrons. The van der Waals surface area contributed by atoms with Crippen molar-refractivity contribution in [2.24, 2.45) is 0 Å². The maximum absolute atomic E-state index is 12.6. The number of rotatable bonds is 4. The molecule has 0 saturated heterocycles. The highest BCUT2D eigenvalue weighted by molar-refractivity contribution is 5.42. The third kappa shape index (κ3) is 3.60. The minimum atomic E-state index is -5.06. The van der Waals surface area contributed by atoms with Crippen molar-refractivity contribution in [1.82, 2.24) is 14.8 Å². The second-order valence-corrected chi connectivity index (χ2v) is 4.63. The van der Waals surface area contributed by atoms with Gasteiger partial charge < -0.3 is 0 Å². The van der Waals surface area contributed by atoms with Crippen molar-refractivity contribution in [3.63, 3.8) is 0 Å². The third-order valence-corrected chi connectivity index (χ3v) is 2.93. The van der Waals surface area contributed by atoms with Crippen LogP contribution in [0, 0.1) is 17.0 Å². The van der Waals surface area contributed by atoms with Crippen molar-refractivity contribution in [3.05, 3.63) is 51.1 Å². The summed E-state index contributed by atoms with van der Waals surface area (Å²) < 4.78 is 62.6. The van der Waals surface area contributed by atoms with Crippen molar-refractivity contribution in [2.75, 3.05) is 0 Å². The van der Waals surface area contributed by atoms with Gasteiger partial charge in [-0.25, -0.2) is 4.98 Å². The van der Waals surface area contributed by atoms with Crippen LogP contribution in [0.3, 0.4) is 0 Å². The van der Waals surface area contributed by atoms with Crippen molar-refractivity contribution in [3.8, 4) is 0 Å². The van der Waals surface area contributed by atoms with Gasteiger partial charge in [0, 0.05) is 18.1 Å². The number of hydrogen-bond donors (Lipinski definition) is 0. The number of halogens is 5. The molecule has 0 spiro atoms. The molecule has 0 aliphatic heterocycles. The topological polar surface area (TPSA) is 73.8 Å². The van der Waals surface area contributed by atoms with E-state index in [0.717, 1.165) is 0 Å². The lowest BCUT2D eigenvalue weighted by atomic mass is 10.1. The Kier molecular flexibility index (Phi) is 4.30. The summed E-state index contributed by atoms with van der Waals surface area (Å²) in [7, 11) is 0. The minimum Gasteiger partial charge on any atom is -0.258 e. The van der Waals surface area contributed by atoms with E-state index >= 15 is 0 Å². The Balaban J connectivity index is 2.34. The largest absolute Gasteiger partial charge is 0.451 e. The molecule has 0 amide bonds. The molecule has 0 aliphatic rings. The Labute approximate surface area is 125 Å². The maximum Gasteiger partial charge on any atom is 0.451 e. The van der Waals surface area contributed by atoms with Crippen molar-refractivity contribution >= 4 is 5.69 Å². The fourth-order valence-corrected chi connectivity index (χ4v) is 1.99. The Morgan fingerprint density at radius 2 is 2.00 bits per heavy atom. The number of aromatic nitrogens is 3. The Morgan fingerprint density at radius 1 is 1.35 bits per heavy atom. The zero-order valence-electron chi connectivity index (χ0n) is 11.5. The van der Waals surface area contributed by atoms with Crippen LogP contribution in [0.15, 0.2) is 18.2 Å². The van der Waals surface area contributed by atoms with Gasteiger partial charge in [-0.15, -0.1) is 0 Å². The molecule has 0 bridgehead atoms. The van der Waals surface area contributed by atoms with Gasteiger partial charge in [-0.1, -0.05) is 6.07 Å². The quantitative estimate of drug-likeness (QED) is 0.487. The Hall–Kier alpha value is -2.59. The van der Waals surface area contributed by atoms with Gasteiger partial charge in [0.25, 0.3) is 5.69 Å². The summed E-state index contributed by atoms with van der Waals surface area (Å²) in [4.78, 5) is 13.2. The first-order valence-corrected chi connectivity index (χ1v) is 6.14. The number of benzene rings is 1. The van der Waals surface area contributed by atoms with Crippen molar-refractivity contribution in [1.29, 1.82) is 0 Å². The predicted molar refractivity (Wildman–Crippen MR) is 66.9 cm³/mol. The summed E-state index contributed by atoms with van der Waals surface area (Å²) in [6, 6.07) is 3.86. The molecule has 0 unspecified atom stereocenters.